The van der Waals surface area contributed by atoms with Crippen molar-refractivity contribution in [3.8, 4) is 11.8 Å². The Bertz CT molecular complexity index is 543. The van der Waals surface area contributed by atoms with Crippen LogP contribution in [0.1, 0.15) is 27.9 Å². The van der Waals surface area contributed by atoms with Crippen molar-refractivity contribution in [2.45, 2.75) is 19.4 Å². The molecule has 1 aliphatic rings. The van der Waals surface area contributed by atoms with Gasteiger partial charge in [-0.3, -0.25) is 4.79 Å². The number of aliphatic hydroxyl groups excluding tert-OH is 1. The first-order valence-electron chi connectivity index (χ1n) is 6.38. The molecule has 4 heteroatoms. The van der Waals surface area contributed by atoms with Gasteiger partial charge in [-0.25, -0.2) is 0 Å². The minimum Gasteiger partial charge on any atom is -0.391 e. The van der Waals surface area contributed by atoms with Gasteiger partial charge in [-0.05, 0) is 31.0 Å². The van der Waals surface area contributed by atoms with E-state index in [4.69, 9.17) is 5.73 Å². The molecule has 0 bridgehead atoms. The van der Waals surface area contributed by atoms with Crippen LogP contribution in [-0.2, 0) is 0 Å². The number of nitrogens with zero attached hydrogens (tertiary/aromatic N) is 1. The van der Waals surface area contributed by atoms with Crippen molar-refractivity contribution < 1.29 is 9.90 Å². The summed E-state index contributed by atoms with van der Waals surface area (Å²) in [5.41, 5.74) is 7.72. The number of hydrogen-bond acceptors (Lipinski definition) is 3. The van der Waals surface area contributed by atoms with Gasteiger partial charge in [0.2, 0.25) is 0 Å². The van der Waals surface area contributed by atoms with Gasteiger partial charge in [0.25, 0.3) is 5.91 Å². The van der Waals surface area contributed by atoms with Crippen LogP contribution < -0.4 is 5.73 Å². The highest BCUT2D eigenvalue weighted by molar-refractivity contribution is 5.97. The molecule has 0 aliphatic carbocycles. The van der Waals surface area contributed by atoms with E-state index in [0.29, 0.717) is 30.6 Å². The fraction of sp³-hybridized carbons (Fsp3) is 0.400. The quantitative estimate of drug-likeness (QED) is 0.721. The van der Waals surface area contributed by atoms with Gasteiger partial charge in [0, 0.05) is 18.7 Å². The molecule has 1 aromatic rings. The molecule has 0 radical (unpaired) electrons. The Hall–Kier alpha value is -1.83. The molecule has 100 valence electrons. The van der Waals surface area contributed by atoms with Crippen molar-refractivity contribution in [3.05, 3.63) is 34.9 Å². The summed E-state index contributed by atoms with van der Waals surface area (Å²) in [7, 11) is 0. The van der Waals surface area contributed by atoms with Gasteiger partial charge < -0.3 is 15.7 Å². The highest BCUT2D eigenvalue weighted by Gasteiger charge is 2.26. The number of likely N-dealkylation sites (tertiary alicyclic amines) is 1. The minimum absolute atomic E-state index is 0.0714. The number of aryl methyl sites for hydroxylation is 1. The summed E-state index contributed by atoms with van der Waals surface area (Å²) in [5, 5.41) is 9.51. The maximum Gasteiger partial charge on any atom is 0.255 e. The summed E-state index contributed by atoms with van der Waals surface area (Å²) in [4.78, 5) is 14.1. The van der Waals surface area contributed by atoms with Gasteiger partial charge >= 0.3 is 0 Å². The van der Waals surface area contributed by atoms with Gasteiger partial charge in [-0.1, -0.05) is 17.9 Å². The Morgan fingerprint density at radius 3 is 3.00 bits per heavy atom. The Morgan fingerprint density at radius 2 is 2.37 bits per heavy atom. The number of benzene rings is 1. The summed E-state index contributed by atoms with van der Waals surface area (Å²) in [6.45, 7) is 3.22. The molecule has 1 aliphatic heterocycles. The molecule has 2 rings (SSSR count). The molecule has 0 aromatic heterocycles. The zero-order valence-electron chi connectivity index (χ0n) is 11.0. The Labute approximate surface area is 113 Å². The molecular formula is C15H18N2O2. The van der Waals surface area contributed by atoms with Crippen LogP contribution in [0.25, 0.3) is 0 Å². The molecule has 1 heterocycles. The number of carbonyl (C=O) groups excluding carboxylic acids is 1. The second kappa shape index (κ2) is 5.87. The first kappa shape index (κ1) is 13.6. The topological polar surface area (TPSA) is 66.6 Å². The maximum absolute atomic E-state index is 12.4. The van der Waals surface area contributed by atoms with Crippen LogP contribution in [0, 0.1) is 18.8 Å². The number of amides is 1. The highest BCUT2D eigenvalue weighted by atomic mass is 16.3. The average Bonchev–Trinajstić information content (AvgIpc) is 2.82. The first-order valence-corrected chi connectivity index (χ1v) is 6.38. The summed E-state index contributed by atoms with van der Waals surface area (Å²) >= 11 is 0. The number of hydrogen-bond donors (Lipinski definition) is 2. The third-order valence-corrected chi connectivity index (χ3v) is 3.18. The standard InChI is InChI=1S/C15H18N2O2/c1-11-4-5-14(12(9-11)3-2-7-16)15(19)17-8-6-13(18)10-17/h4-5,9,13,18H,6-8,10,16H2,1H3. The molecular weight excluding hydrogens is 240 g/mol. The van der Waals surface area contributed by atoms with E-state index in [9.17, 15) is 9.90 Å². The third kappa shape index (κ3) is 3.14. The molecule has 1 aromatic carbocycles. The Kier molecular flexibility index (Phi) is 4.20. The van der Waals surface area contributed by atoms with Crippen molar-refractivity contribution in [2.24, 2.45) is 5.73 Å². The maximum atomic E-state index is 12.4. The summed E-state index contributed by atoms with van der Waals surface area (Å²) < 4.78 is 0. The molecule has 1 saturated heterocycles. The van der Waals surface area contributed by atoms with Gasteiger partial charge in [0.05, 0.1) is 18.2 Å². The molecule has 1 amide bonds. The number of nitrogens with two attached hydrogens (primary N) is 1. The van der Waals surface area contributed by atoms with E-state index in [2.05, 4.69) is 11.8 Å². The second-order valence-corrected chi connectivity index (χ2v) is 4.75. The molecule has 0 spiro atoms. The van der Waals surface area contributed by atoms with Crippen molar-refractivity contribution in [1.29, 1.82) is 0 Å². The molecule has 3 N–H and O–H groups in total. The fourth-order valence-corrected chi connectivity index (χ4v) is 2.19. The van der Waals surface area contributed by atoms with Crippen molar-refractivity contribution in [2.75, 3.05) is 19.6 Å². The van der Waals surface area contributed by atoms with Crippen molar-refractivity contribution in [3.63, 3.8) is 0 Å². The lowest BCUT2D eigenvalue weighted by atomic mass is 10.0. The van der Waals surface area contributed by atoms with E-state index in [1.54, 1.807) is 11.0 Å². The van der Waals surface area contributed by atoms with Gasteiger partial charge in [0.15, 0.2) is 0 Å². The molecule has 1 fully saturated rings. The van der Waals surface area contributed by atoms with Gasteiger partial charge in [0.1, 0.15) is 0 Å². The van der Waals surface area contributed by atoms with Crippen LogP contribution in [0.2, 0.25) is 0 Å². The zero-order chi connectivity index (χ0) is 13.8. The number of β-amino-alcohol motifs (C(OH)–C–C–N with tert-alkyl or cyclic N) is 1. The predicted molar refractivity (Wildman–Crippen MR) is 73.6 cm³/mol. The van der Waals surface area contributed by atoms with E-state index >= 15 is 0 Å². The zero-order valence-corrected chi connectivity index (χ0v) is 11.0. The van der Waals surface area contributed by atoms with E-state index in [1.165, 1.54) is 0 Å². The van der Waals surface area contributed by atoms with E-state index in [1.807, 2.05) is 19.1 Å². The SMILES string of the molecule is Cc1ccc(C(=O)N2CCC(O)C2)c(C#CCN)c1. The molecule has 0 saturated carbocycles. The second-order valence-electron chi connectivity index (χ2n) is 4.75. The van der Waals surface area contributed by atoms with E-state index in [0.717, 1.165) is 5.56 Å². The summed E-state index contributed by atoms with van der Waals surface area (Å²) in [5.74, 6) is 5.66. The first-order chi connectivity index (χ1) is 9.11. The number of aliphatic hydroxyl groups is 1. The van der Waals surface area contributed by atoms with Gasteiger partial charge in [-0.15, -0.1) is 0 Å². The van der Waals surface area contributed by atoms with Crippen molar-refractivity contribution >= 4 is 5.91 Å². The molecule has 4 nitrogen and oxygen atoms in total. The Balaban J connectivity index is 2.30. The van der Waals surface area contributed by atoms with Crippen LogP contribution >= 0.6 is 0 Å². The number of carbonyl (C=O) groups is 1. The van der Waals surface area contributed by atoms with E-state index < -0.39 is 6.10 Å². The van der Waals surface area contributed by atoms with Crippen molar-refractivity contribution in [1.82, 2.24) is 4.90 Å². The molecule has 19 heavy (non-hydrogen) atoms. The largest absolute Gasteiger partial charge is 0.391 e. The van der Waals surface area contributed by atoms with Crippen LogP contribution in [0.15, 0.2) is 18.2 Å². The monoisotopic (exact) mass is 258 g/mol. The lowest BCUT2D eigenvalue weighted by Crippen LogP contribution is -2.30. The third-order valence-electron chi connectivity index (χ3n) is 3.18. The van der Waals surface area contributed by atoms with E-state index in [-0.39, 0.29) is 12.5 Å². The molecule has 1 atom stereocenters. The lowest BCUT2D eigenvalue weighted by molar-refractivity contribution is 0.0764. The number of rotatable bonds is 1. The van der Waals surface area contributed by atoms with Crippen LogP contribution in [-0.4, -0.2) is 41.7 Å². The smallest absolute Gasteiger partial charge is 0.255 e. The lowest BCUT2D eigenvalue weighted by Gasteiger charge is -2.16. The normalized spacial score (nSPS) is 18.1. The van der Waals surface area contributed by atoms with Crippen LogP contribution in [0.5, 0.6) is 0 Å². The summed E-state index contributed by atoms with van der Waals surface area (Å²) in [6, 6.07) is 5.58. The minimum atomic E-state index is -0.409. The summed E-state index contributed by atoms with van der Waals surface area (Å²) in [6.07, 6.45) is 0.231. The highest BCUT2D eigenvalue weighted by Crippen LogP contribution is 2.17. The predicted octanol–water partition coefficient (Wildman–Crippen LogP) is 0.512. The fourth-order valence-electron chi connectivity index (χ4n) is 2.19. The van der Waals surface area contributed by atoms with Gasteiger partial charge in [-0.2, -0.15) is 0 Å². The molecule has 1 unspecified atom stereocenters. The van der Waals surface area contributed by atoms with Crippen LogP contribution in [0.4, 0.5) is 0 Å². The van der Waals surface area contributed by atoms with Crippen LogP contribution in [0.3, 0.4) is 0 Å². The Morgan fingerprint density at radius 1 is 1.58 bits per heavy atom. The average molecular weight is 258 g/mol.